The first-order valence-electron chi connectivity index (χ1n) is 6.50. The smallest absolute Gasteiger partial charge is 0.243 e. The summed E-state index contributed by atoms with van der Waals surface area (Å²) in [5.74, 6) is -0.908. The van der Waals surface area contributed by atoms with Crippen LogP contribution in [-0.2, 0) is 14.4 Å². The lowest BCUT2D eigenvalue weighted by Crippen LogP contribution is -2.58. The van der Waals surface area contributed by atoms with Crippen LogP contribution in [0.1, 0.15) is 26.7 Å². The number of nitrogens with two attached hydrogens (primary N) is 1. The van der Waals surface area contributed by atoms with Crippen molar-refractivity contribution >= 4 is 17.7 Å². The van der Waals surface area contributed by atoms with Crippen molar-refractivity contribution in [3.05, 3.63) is 0 Å². The lowest BCUT2D eigenvalue weighted by Gasteiger charge is -2.29. The second-order valence-electron chi connectivity index (χ2n) is 5.17. The summed E-state index contributed by atoms with van der Waals surface area (Å²) in [4.78, 5) is 34.4. The molecule has 108 valence electrons. The van der Waals surface area contributed by atoms with E-state index >= 15 is 0 Å². The second-order valence-corrected chi connectivity index (χ2v) is 5.17. The van der Waals surface area contributed by atoms with Crippen molar-refractivity contribution in [1.29, 1.82) is 0 Å². The quantitative estimate of drug-likeness (QED) is 0.450. The van der Waals surface area contributed by atoms with Crippen LogP contribution < -0.4 is 21.7 Å². The van der Waals surface area contributed by atoms with Crippen LogP contribution in [0.3, 0.4) is 0 Å². The average molecular weight is 270 g/mol. The summed E-state index contributed by atoms with van der Waals surface area (Å²) in [6.45, 7) is 4.52. The minimum absolute atomic E-state index is 0.175. The SMILES string of the molecule is CC(C)C[C@H](NC(=O)[C@@H]1CCN1)C(=O)NCC(N)=O. The fourth-order valence-electron chi connectivity index (χ4n) is 1.79. The molecule has 2 atom stereocenters. The van der Waals surface area contributed by atoms with Gasteiger partial charge in [-0.3, -0.25) is 14.4 Å². The zero-order valence-electron chi connectivity index (χ0n) is 11.4. The van der Waals surface area contributed by atoms with Crippen LogP contribution in [0.15, 0.2) is 0 Å². The fourth-order valence-corrected chi connectivity index (χ4v) is 1.79. The van der Waals surface area contributed by atoms with E-state index in [1.807, 2.05) is 13.8 Å². The van der Waals surface area contributed by atoms with Gasteiger partial charge in [-0.15, -0.1) is 0 Å². The maximum atomic E-state index is 11.9. The Morgan fingerprint density at radius 2 is 2.00 bits per heavy atom. The molecule has 7 heteroatoms. The number of nitrogens with one attached hydrogen (secondary N) is 3. The average Bonchev–Trinajstić information content (AvgIpc) is 2.21. The van der Waals surface area contributed by atoms with Gasteiger partial charge in [0.05, 0.1) is 12.6 Å². The molecule has 0 aromatic rings. The van der Waals surface area contributed by atoms with Crippen molar-refractivity contribution < 1.29 is 14.4 Å². The van der Waals surface area contributed by atoms with Gasteiger partial charge in [0, 0.05) is 0 Å². The molecule has 0 unspecified atom stereocenters. The van der Waals surface area contributed by atoms with Gasteiger partial charge in [-0.25, -0.2) is 0 Å². The Balaban J connectivity index is 2.51. The zero-order valence-corrected chi connectivity index (χ0v) is 11.4. The van der Waals surface area contributed by atoms with Crippen LogP contribution in [0.2, 0.25) is 0 Å². The van der Waals surface area contributed by atoms with E-state index < -0.39 is 11.9 Å². The number of amides is 3. The van der Waals surface area contributed by atoms with Crippen molar-refractivity contribution in [2.45, 2.75) is 38.8 Å². The molecule has 7 nitrogen and oxygen atoms in total. The van der Waals surface area contributed by atoms with Crippen molar-refractivity contribution in [3.63, 3.8) is 0 Å². The van der Waals surface area contributed by atoms with Crippen molar-refractivity contribution in [2.24, 2.45) is 11.7 Å². The molecule has 0 spiro atoms. The molecule has 0 aromatic carbocycles. The molecule has 1 heterocycles. The molecule has 1 saturated heterocycles. The minimum Gasteiger partial charge on any atom is -0.368 e. The number of hydrogen-bond donors (Lipinski definition) is 4. The van der Waals surface area contributed by atoms with Crippen LogP contribution in [0.5, 0.6) is 0 Å². The van der Waals surface area contributed by atoms with E-state index in [9.17, 15) is 14.4 Å². The molecule has 0 aliphatic carbocycles. The molecule has 19 heavy (non-hydrogen) atoms. The molecule has 0 bridgehead atoms. The molecule has 1 aliphatic heterocycles. The van der Waals surface area contributed by atoms with E-state index in [0.717, 1.165) is 13.0 Å². The third-order valence-electron chi connectivity index (χ3n) is 2.92. The third-order valence-corrected chi connectivity index (χ3v) is 2.92. The zero-order chi connectivity index (χ0) is 14.4. The normalized spacial score (nSPS) is 19.4. The minimum atomic E-state index is -0.630. The molecular weight excluding hydrogens is 248 g/mol. The predicted octanol–water partition coefficient (Wildman–Crippen LogP) is -1.52. The highest BCUT2D eigenvalue weighted by molar-refractivity contribution is 5.91. The molecule has 0 saturated carbocycles. The first-order chi connectivity index (χ1) is 8.90. The van der Waals surface area contributed by atoms with Gasteiger partial charge in [-0.1, -0.05) is 13.8 Å². The summed E-state index contributed by atoms with van der Waals surface area (Å²) in [5, 5.41) is 8.10. The summed E-state index contributed by atoms with van der Waals surface area (Å²) in [7, 11) is 0. The first kappa shape index (κ1) is 15.4. The van der Waals surface area contributed by atoms with E-state index in [4.69, 9.17) is 5.73 Å². The van der Waals surface area contributed by atoms with E-state index in [2.05, 4.69) is 16.0 Å². The van der Waals surface area contributed by atoms with Crippen LogP contribution in [0.25, 0.3) is 0 Å². The van der Waals surface area contributed by atoms with E-state index in [0.29, 0.717) is 6.42 Å². The van der Waals surface area contributed by atoms with Gasteiger partial charge < -0.3 is 21.7 Å². The standard InChI is InChI=1S/C12H22N4O3/c1-7(2)5-9(11(18)15-6-10(13)17)16-12(19)8-3-4-14-8/h7-9,14H,3-6H2,1-2H3,(H2,13,17)(H,15,18)(H,16,19)/t8-,9-/m0/s1. The van der Waals surface area contributed by atoms with Crippen molar-refractivity contribution in [3.8, 4) is 0 Å². The van der Waals surface area contributed by atoms with Crippen LogP contribution in [0, 0.1) is 5.92 Å². The highest BCUT2D eigenvalue weighted by atomic mass is 16.2. The van der Waals surface area contributed by atoms with E-state index in [1.165, 1.54) is 0 Å². The van der Waals surface area contributed by atoms with Crippen LogP contribution in [-0.4, -0.2) is 42.9 Å². The summed E-state index contributed by atoms with van der Waals surface area (Å²) in [6.07, 6.45) is 1.30. The predicted molar refractivity (Wildman–Crippen MR) is 70.0 cm³/mol. The second kappa shape index (κ2) is 7.08. The van der Waals surface area contributed by atoms with Gasteiger partial charge in [0.15, 0.2) is 0 Å². The Labute approximate surface area is 112 Å². The monoisotopic (exact) mass is 270 g/mol. The highest BCUT2D eigenvalue weighted by Crippen LogP contribution is 2.07. The molecular formula is C12H22N4O3. The lowest BCUT2D eigenvalue weighted by atomic mass is 10.0. The molecule has 0 aromatic heterocycles. The summed E-state index contributed by atoms with van der Waals surface area (Å²) >= 11 is 0. The van der Waals surface area contributed by atoms with Gasteiger partial charge in [-0.05, 0) is 25.3 Å². The van der Waals surface area contributed by atoms with Crippen LogP contribution >= 0.6 is 0 Å². The molecule has 3 amide bonds. The van der Waals surface area contributed by atoms with Gasteiger partial charge in [-0.2, -0.15) is 0 Å². The molecule has 1 fully saturated rings. The van der Waals surface area contributed by atoms with Gasteiger partial charge in [0.25, 0.3) is 0 Å². The Morgan fingerprint density at radius 1 is 1.37 bits per heavy atom. The Bertz CT molecular complexity index is 353. The highest BCUT2D eigenvalue weighted by Gasteiger charge is 2.29. The molecule has 1 rings (SSSR count). The summed E-state index contributed by atoms with van der Waals surface area (Å²) in [5.41, 5.74) is 4.97. The Morgan fingerprint density at radius 3 is 2.42 bits per heavy atom. The maximum Gasteiger partial charge on any atom is 0.243 e. The molecule has 1 aliphatic rings. The number of hydrogen-bond acceptors (Lipinski definition) is 4. The largest absolute Gasteiger partial charge is 0.368 e. The third kappa shape index (κ3) is 5.25. The number of rotatable bonds is 7. The van der Waals surface area contributed by atoms with Gasteiger partial charge in [0.1, 0.15) is 6.04 Å². The number of carbonyl (C=O) groups excluding carboxylic acids is 3. The number of primary amides is 1. The molecule has 5 N–H and O–H groups in total. The number of carbonyl (C=O) groups is 3. The van der Waals surface area contributed by atoms with Crippen molar-refractivity contribution in [2.75, 3.05) is 13.1 Å². The maximum absolute atomic E-state index is 11.9. The summed E-state index contributed by atoms with van der Waals surface area (Å²) < 4.78 is 0. The van der Waals surface area contributed by atoms with Gasteiger partial charge in [0.2, 0.25) is 17.7 Å². The van der Waals surface area contributed by atoms with Crippen molar-refractivity contribution in [1.82, 2.24) is 16.0 Å². The topological polar surface area (TPSA) is 113 Å². The Hall–Kier alpha value is -1.63. The van der Waals surface area contributed by atoms with Crippen LogP contribution in [0.4, 0.5) is 0 Å². The summed E-state index contributed by atoms with van der Waals surface area (Å²) in [6, 6.07) is -0.840. The van der Waals surface area contributed by atoms with E-state index in [-0.39, 0.29) is 30.3 Å². The lowest BCUT2D eigenvalue weighted by molar-refractivity contribution is -0.131. The first-order valence-corrected chi connectivity index (χ1v) is 6.50. The Kier molecular flexibility index (Phi) is 5.75. The fraction of sp³-hybridized carbons (Fsp3) is 0.750. The van der Waals surface area contributed by atoms with E-state index in [1.54, 1.807) is 0 Å². The molecule has 0 radical (unpaired) electrons. The van der Waals surface area contributed by atoms with Gasteiger partial charge >= 0.3 is 0 Å².